The lowest BCUT2D eigenvalue weighted by Crippen LogP contribution is -2.59. The number of carbonyl (C=O) groups is 6. The summed E-state index contributed by atoms with van der Waals surface area (Å²) in [6.07, 6.45) is 5.74. The van der Waals surface area contributed by atoms with Gasteiger partial charge in [-0.2, -0.15) is 0 Å². The molecule has 3 unspecified atom stereocenters. The van der Waals surface area contributed by atoms with Crippen LogP contribution in [0.25, 0.3) is 0 Å². The molecule has 12 heteroatoms. The van der Waals surface area contributed by atoms with E-state index >= 15 is 0 Å². The fraction of sp³-hybridized carbons (Fsp3) is 0.600. The van der Waals surface area contributed by atoms with Crippen LogP contribution in [-0.4, -0.2) is 77.2 Å². The SMILES string of the molecule is C=CCC(NC(=O)C1[C@@H](C)CCN1C(=O)C(NC(=O)OC(C)(C)C)C1CCCCC1)C(=O)C(=O)NCCC(=O)NCc1ccccc1. The Morgan fingerprint density at radius 3 is 2.30 bits per heavy atom. The molecule has 1 aliphatic heterocycles. The predicted molar refractivity (Wildman–Crippen MR) is 177 cm³/mol. The van der Waals surface area contributed by atoms with Gasteiger partial charge >= 0.3 is 6.09 Å². The number of nitrogens with zero attached hydrogens (tertiary/aromatic N) is 1. The van der Waals surface area contributed by atoms with Crippen molar-refractivity contribution in [2.45, 2.75) is 109 Å². The fourth-order valence-electron chi connectivity index (χ4n) is 6.13. The van der Waals surface area contributed by atoms with E-state index in [9.17, 15) is 28.8 Å². The van der Waals surface area contributed by atoms with Gasteiger partial charge in [-0.1, -0.05) is 62.6 Å². The van der Waals surface area contributed by atoms with Crippen LogP contribution < -0.4 is 21.3 Å². The van der Waals surface area contributed by atoms with Crippen LogP contribution in [0.4, 0.5) is 4.79 Å². The topological polar surface area (TPSA) is 163 Å². The standard InChI is InChI=1S/C35H51N5O7/c1-6-13-26(30(42)32(44)36-20-18-27(41)37-22-24-14-9-7-10-15-24)38-31(43)29-23(2)19-21-40(29)33(45)28(25-16-11-8-12-17-25)39-34(46)47-35(3,4)5/h6-7,9-10,14-15,23,25-26,28-29H,1,8,11-13,16-22H2,2-5H3,(H,36,44)(H,37,41)(H,38,43)(H,39,46)/t23-,26?,28?,29?/m0/s1. The van der Waals surface area contributed by atoms with Crippen LogP contribution in [0.3, 0.4) is 0 Å². The first kappa shape index (κ1) is 37.2. The lowest BCUT2D eigenvalue weighted by Gasteiger charge is -2.35. The number of ketones is 1. The third-order valence-electron chi connectivity index (χ3n) is 8.54. The molecule has 1 saturated carbocycles. The Balaban J connectivity index is 1.62. The summed E-state index contributed by atoms with van der Waals surface area (Å²) in [5, 5.41) is 10.7. The van der Waals surface area contributed by atoms with Crippen molar-refractivity contribution in [1.29, 1.82) is 0 Å². The molecular weight excluding hydrogens is 602 g/mol. The second-order valence-electron chi connectivity index (χ2n) is 13.5. The number of alkyl carbamates (subject to hydrolysis) is 1. The van der Waals surface area contributed by atoms with Crippen molar-refractivity contribution in [3.05, 3.63) is 48.6 Å². The molecule has 47 heavy (non-hydrogen) atoms. The quantitative estimate of drug-likeness (QED) is 0.177. The van der Waals surface area contributed by atoms with Crippen molar-refractivity contribution in [2.75, 3.05) is 13.1 Å². The molecule has 1 heterocycles. The number of rotatable bonds is 14. The lowest BCUT2D eigenvalue weighted by molar-refractivity contribution is -0.144. The molecule has 2 fully saturated rings. The van der Waals surface area contributed by atoms with Crippen LogP contribution in [0, 0.1) is 11.8 Å². The number of Topliss-reactive ketones (excluding diaryl/α,β-unsaturated/α-hetero) is 1. The highest BCUT2D eigenvalue weighted by atomic mass is 16.6. The van der Waals surface area contributed by atoms with E-state index in [0.717, 1.165) is 37.7 Å². The Labute approximate surface area is 277 Å². The summed E-state index contributed by atoms with van der Waals surface area (Å²) in [5.74, 6) is -3.33. The molecular formula is C35H51N5O7. The van der Waals surface area contributed by atoms with Crippen LogP contribution in [0.2, 0.25) is 0 Å². The zero-order valence-electron chi connectivity index (χ0n) is 28.1. The van der Waals surface area contributed by atoms with Crippen LogP contribution in [0.15, 0.2) is 43.0 Å². The van der Waals surface area contributed by atoms with E-state index in [1.807, 2.05) is 37.3 Å². The minimum absolute atomic E-state index is 0.00446. The Bertz CT molecular complexity index is 1270. The molecule has 0 spiro atoms. The smallest absolute Gasteiger partial charge is 0.408 e. The molecule has 0 radical (unpaired) electrons. The number of carbonyl (C=O) groups excluding carboxylic acids is 6. The number of hydrogen-bond acceptors (Lipinski definition) is 7. The van der Waals surface area contributed by atoms with Gasteiger partial charge < -0.3 is 30.9 Å². The molecule has 1 aromatic rings. The fourth-order valence-corrected chi connectivity index (χ4v) is 6.13. The molecule has 2 aliphatic rings. The van der Waals surface area contributed by atoms with E-state index in [4.69, 9.17) is 4.74 Å². The van der Waals surface area contributed by atoms with Gasteiger partial charge in [0.2, 0.25) is 23.5 Å². The molecule has 5 amide bonds. The Morgan fingerprint density at radius 1 is 0.979 bits per heavy atom. The number of hydrogen-bond donors (Lipinski definition) is 4. The van der Waals surface area contributed by atoms with Gasteiger partial charge in [-0.05, 0) is 63.9 Å². The first-order chi connectivity index (χ1) is 22.3. The first-order valence-corrected chi connectivity index (χ1v) is 16.6. The largest absolute Gasteiger partial charge is 0.444 e. The third kappa shape index (κ3) is 11.5. The average molecular weight is 654 g/mol. The summed E-state index contributed by atoms with van der Waals surface area (Å²) >= 11 is 0. The lowest BCUT2D eigenvalue weighted by atomic mass is 9.83. The van der Waals surface area contributed by atoms with Gasteiger partial charge in [0, 0.05) is 26.1 Å². The highest BCUT2D eigenvalue weighted by Crippen LogP contribution is 2.31. The second kappa shape index (κ2) is 17.6. The molecule has 0 bridgehead atoms. The summed E-state index contributed by atoms with van der Waals surface area (Å²) in [6, 6.07) is 6.42. The molecule has 0 aromatic heterocycles. The number of nitrogens with one attached hydrogen (secondary N) is 4. The van der Waals surface area contributed by atoms with E-state index in [1.165, 1.54) is 11.0 Å². The maximum absolute atomic E-state index is 14.1. The molecule has 4 N–H and O–H groups in total. The summed E-state index contributed by atoms with van der Waals surface area (Å²) in [6.45, 7) is 11.4. The summed E-state index contributed by atoms with van der Waals surface area (Å²) < 4.78 is 5.46. The summed E-state index contributed by atoms with van der Waals surface area (Å²) in [5.41, 5.74) is 0.187. The van der Waals surface area contributed by atoms with Gasteiger partial charge in [0.1, 0.15) is 23.7 Å². The van der Waals surface area contributed by atoms with E-state index < -0.39 is 47.4 Å². The molecule has 4 atom stereocenters. The molecule has 12 nitrogen and oxygen atoms in total. The van der Waals surface area contributed by atoms with Crippen LogP contribution in [-0.2, 0) is 35.3 Å². The van der Waals surface area contributed by atoms with Gasteiger partial charge in [0.25, 0.3) is 5.91 Å². The van der Waals surface area contributed by atoms with E-state index in [1.54, 1.807) is 20.8 Å². The monoisotopic (exact) mass is 653 g/mol. The zero-order valence-corrected chi connectivity index (χ0v) is 28.1. The second-order valence-corrected chi connectivity index (χ2v) is 13.5. The van der Waals surface area contributed by atoms with Crippen molar-refractivity contribution >= 4 is 35.5 Å². The normalized spacial score (nSPS) is 19.5. The van der Waals surface area contributed by atoms with Gasteiger partial charge in [-0.25, -0.2) is 4.79 Å². The highest BCUT2D eigenvalue weighted by Gasteiger charge is 2.45. The maximum Gasteiger partial charge on any atom is 0.408 e. The number of amides is 5. The average Bonchev–Trinajstić information content (AvgIpc) is 3.43. The number of likely N-dealkylation sites (tertiary alicyclic amines) is 1. The molecule has 258 valence electrons. The minimum atomic E-state index is -1.20. The number of benzene rings is 1. The Hall–Kier alpha value is -4.22. The Morgan fingerprint density at radius 2 is 1.66 bits per heavy atom. The van der Waals surface area contributed by atoms with Crippen LogP contribution in [0.5, 0.6) is 0 Å². The van der Waals surface area contributed by atoms with Crippen molar-refractivity contribution in [3.8, 4) is 0 Å². The van der Waals surface area contributed by atoms with E-state index in [0.29, 0.717) is 19.5 Å². The van der Waals surface area contributed by atoms with Crippen molar-refractivity contribution < 1.29 is 33.5 Å². The minimum Gasteiger partial charge on any atom is -0.444 e. The van der Waals surface area contributed by atoms with Crippen molar-refractivity contribution in [1.82, 2.24) is 26.2 Å². The number of ether oxygens (including phenoxy) is 1. The molecule has 1 aromatic carbocycles. The Kier molecular flexibility index (Phi) is 14.0. The van der Waals surface area contributed by atoms with Crippen LogP contribution >= 0.6 is 0 Å². The first-order valence-electron chi connectivity index (χ1n) is 16.6. The van der Waals surface area contributed by atoms with Crippen LogP contribution in [0.1, 0.15) is 84.6 Å². The molecule has 3 rings (SSSR count). The van der Waals surface area contributed by atoms with E-state index in [2.05, 4.69) is 27.8 Å². The third-order valence-corrected chi connectivity index (χ3v) is 8.54. The predicted octanol–water partition coefficient (Wildman–Crippen LogP) is 3.15. The van der Waals surface area contributed by atoms with Crippen molar-refractivity contribution in [3.63, 3.8) is 0 Å². The van der Waals surface area contributed by atoms with Crippen molar-refractivity contribution in [2.24, 2.45) is 11.8 Å². The molecule has 1 aliphatic carbocycles. The maximum atomic E-state index is 14.1. The summed E-state index contributed by atoms with van der Waals surface area (Å²) in [4.78, 5) is 80.1. The zero-order chi connectivity index (χ0) is 34.6. The van der Waals surface area contributed by atoms with Gasteiger partial charge in [0.05, 0.1) is 0 Å². The van der Waals surface area contributed by atoms with E-state index in [-0.39, 0.29) is 43.0 Å². The molecule has 1 saturated heterocycles. The summed E-state index contributed by atoms with van der Waals surface area (Å²) in [7, 11) is 0. The highest BCUT2D eigenvalue weighted by molar-refractivity contribution is 6.38. The van der Waals surface area contributed by atoms with Gasteiger partial charge in [-0.15, -0.1) is 6.58 Å². The van der Waals surface area contributed by atoms with Gasteiger partial charge in [-0.3, -0.25) is 24.0 Å². The van der Waals surface area contributed by atoms with Gasteiger partial charge in [0.15, 0.2) is 0 Å².